The van der Waals surface area contributed by atoms with Gasteiger partial charge in [-0.15, -0.1) is 0 Å². The second-order valence-corrected chi connectivity index (χ2v) is 11.5. The highest BCUT2D eigenvalue weighted by molar-refractivity contribution is 14.1. The molecule has 204 valence electrons. The first-order valence-corrected chi connectivity index (χ1v) is 14.5. The summed E-state index contributed by atoms with van der Waals surface area (Å²) >= 11 is 2.18. The lowest BCUT2D eigenvalue weighted by Crippen LogP contribution is -2.55. The Morgan fingerprint density at radius 2 is 1.82 bits per heavy atom. The van der Waals surface area contributed by atoms with Crippen molar-refractivity contribution in [3.63, 3.8) is 0 Å². The molecular formula is C30H37IN2O5. The molecule has 0 saturated heterocycles. The number of para-hydroxylation sites is 1. The number of aryl methyl sites for hydroxylation is 1. The van der Waals surface area contributed by atoms with Crippen LogP contribution >= 0.6 is 22.6 Å². The van der Waals surface area contributed by atoms with Crippen molar-refractivity contribution in [1.82, 2.24) is 10.2 Å². The summed E-state index contributed by atoms with van der Waals surface area (Å²) in [5.41, 5.74) is 2.54. The number of nitrogens with zero attached hydrogens (tertiary/aromatic N) is 1. The molecule has 4 rings (SSSR count). The first kappa shape index (κ1) is 28.6. The van der Waals surface area contributed by atoms with E-state index in [1.807, 2.05) is 55.5 Å². The lowest BCUT2D eigenvalue weighted by Gasteiger charge is -2.41. The van der Waals surface area contributed by atoms with Gasteiger partial charge in [-0.1, -0.05) is 54.8 Å². The van der Waals surface area contributed by atoms with Gasteiger partial charge in [0.05, 0.1) is 16.2 Å². The first-order chi connectivity index (χ1) is 18.4. The summed E-state index contributed by atoms with van der Waals surface area (Å²) in [6.07, 6.45) is 4.82. The molecule has 2 aromatic carbocycles. The quantitative estimate of drug-likeness (QED) is 0.343. The molecule has 2 aliphatic rings. The predicted molar refractivity (Wildman–Crippen MR) is 154 cm³/mol. The van der Waals surface area contributed by atoms with Crippen molar-refractivity contribution in [2.75, 3.05) is 13.2 Å². The van der Waals surface area contributed by atoms with E-state index in [4.69, 9.17) is 4.74 Å². The van der Waals surface area contributed by atoms with Gasteiger partial charge >= 0.3 is 0 Å². The summed E-state index contributed by atoms with van der Waals surface area (Å²) in [5.74, 6) is 0.619. The van der Waals surface area contributed by atoms with E-state index in [1.54, 1.807) is 11.0 Å². The van der Waals surface area contributed by atoms with Crippen LogP contribution in [0.3, 0.4) is 0 Å². The minimum absolute atomic E-state index is 0.00779. The van der Waals surface area contributed by atoms with Crippen molar-refractivity contribution in [2.24, 2.45) is 5.92 Å². The molecule has 0 aromatic heterocycles. The van der Waals surface area contributed by atoms with Crippen LogP contribution in [0.15, 0.2) is 60.2 Å². The number of carbonyl (C=O) groups excluding carboxylic acids is 2. The average molecular weight is 633 g/mol. The van der Waals surface area contributed by atoms with Crippen LogP contribution in [0, 0.1) is 16.4 Å². The molecule has 0 aliphatic heterocycles. The predicted octanol–water partition coefficient (Wildman–Crippen LogP) is 4.12. The maximum absolute atomic E-state index is 13.8. The number of carbonyl (C=O) groups is 2. The third-order valence-corrected chi connectivity index (χ3v) is 8.34. The largest absolute Gasteiger partial charge is 0.482 e. The van der Waals surface area contributed by atoms with Crippen LogP contribution < -0.4 is 10.1 Å². The second-order valence-electron chi connectivity index (χ2n) is 10.3. The monoisotopic (exact) mass is 632 g/mol. The van der Waals surface area contributed by atoms with Crippen LogP contribution in [-0.2, 0) is 16.1 Å². The van der Waals surface area contributed by atoms with Crippen molar-refractivity contribution < 1.29 is 24.5 Å². The van der Waals surface area contributed by atoms with Gasteiger partial charge in [0.25, 0.3) is 0 Å². The molecule has 0 spiro atoms. The molecule has 3 unspecified atom stereocenters. The van der Waals surface area contributed by atoms with Gasteiger partial charge in [-0.3, -0.25) is 9.59 Å². The van der Waals surface area contributed by atoms with Gasteiger partial charge in [0.2, 0.25) is 11.8 Å². The summed E-state index contributed by atoms with van der Waals surface area (Å²) in [4.78, 5) is 28.6. The molecule has 7 nitrogen and oxygen atoms in total. The number of aliphatic hydroxyl groups excluding tert-OH is 2. The molecule has 38 heavy (non-hydrogen) atoms. The summed E-state index contributed by atoms with van der Waals surface area (Å²) < 4.78 is 7.12. The van der Waals surface area contributed by atoms with Crippen LogP contribution in [0.5, 0.6) is 5.75 Å². The summed E-state index contributed by atoms with van der Waals surface area (Å²) in [7, 11) is 0. The standard InChI is InChI=1S/C30H37IN2O5/c1-20-10-12-22(13-11-20)19-33(28(35)16-21-6-2-3-7-21)25-17-23(30(37)32-14-15-34)18-27(29(25)36)38-26-9-5-4-8-24(26)31/h4-5,8-13,18,21,25,27,29,34,36H,2-3,6-7,14-17,19H2,1H3,(H,32,37). The number of nitrogens with one attached hydrogen (secondary N) is 1. The van der Waals surface area contributed by atoms with Gasteiger partial charge in [0.15, 0.2) is 0 Å². The molecule has 2 amide bonds. The Morgan fingerprint density at radius 3 is 2.50 bits per heavy atom. The summed E-state index contributed by atoms with van der Waals surface area (Å²) in [5, 5.41) is 23.6. The van der Waals surface area contributed by atoms with Crippen LogP contribution in [0.25, 0.3) is 0 Å². The van der Waals surface area contributed by atoms with E-state index in [9.17, 15) is 19.8 Å². The van der Waals surface area contributed by atoms with Gasteiger partial charge in [0, 0.05) is 31.5 Å². The number of hydrogen-bond donors (Lipinski definition) is 3. The van der Waals surface area contributed by atoms with E-state index in [0.717, 1.165) is 40.4 Å². The van der Waals surface area contributed by atoms with Crippen LogP contribution in [-0.4, -0.2) is 58.3 Å². The van der Waals surface area contributed by atoms with Gasteiger partial charge < -0.3 is 25.2 Å². The van der Waals surface area contributed by atoms with Gasteiger partial charge in [-0.05, 0) is 72.0 Å². The van der Waals surface area contributed by atoms with Crippen LogP contribution in [0.1, 0.15) is 49.7 Å². The van der Waals surface area contributed by atoms with Crippen molar-refractivity contribution in [3.8, 4) is 5.75 Å². The number of ether oxygens (including phenoxy) is 1. The molecule has 2 aliphatic carbocycles. The molecule has 0 radical (unpaired) electrons. The second kappa shape index (κ2) is 13.6. The van der Waals surface area contributed by atoms with Crippen molar-refractivity contribution in [1.29, 1.82) is 0 Å². The fourth-order valence-corrected chi connectivity index (χ4v) is 5.84. The minimum Gasteiger partial charge on any atom is -0.482 e. The normalized spacial score (nSPS) is 21.6. The number of halogens is 1. The molecule has 8 heteroatoms. The SMILES string of the molecule is Cc1ccc(CN(C(=O)CC2CCCC2)C2CC(C(=O)NCCO)=CC(Oc3ccccc3I)C2O)cc1. The Labute approximate surface area is 238 Å². The summed E-state index contributed by atoms with van der Waals surface area (Å²) in [6, 6.07) is 14.9. The van der Waals surface area contributed by atoms with E-state index in [0.29, 0.717) is 30.2 Å². The fraction of sp³-hybridized carbons (Fsp3) is 0.467. The molecule has 1 saturated carbocycles. The van der Waals surface area contributed by atoms with Crippen molar-refractivity contribution >= 4 is 34.4 Å². The summed E-state index contributed by atoms with van der Waals surface area (Å²) in [6.45, 7) is 2.31. The van der Waals surface area contributed by atoms with E-state index in [1.165, 1.54) is 0 Å². The fourth-order valence-electron chi connectivity index (χ4n) is 5.33. The lowest BCUT2D eigenvalue weighted by molar-refractivity contribution is -0.140. The topological polar surface area (TPSA) is 99.1 Å². The molecule has 0 heterocycles. The van der Waals surface area contributed by atoms with Gasteiger partial charge in [-0.25, -0.2) is 0 Å². The zero-order valence-corrected chi connectivity index (χ0v) is 24.0. The van der Waals surface area contributed by atoms with E-state index in [2.05, 4.69) is 27.9 Å². The lowest BCUT2D eigenvalue weighted by atomic mass is 9.87. The molecule has 2 aromatic rings. The zero-order chi connectivity index (χ0) is 27.1. The number of amides is 2. The van der Waals surface area contributed by atoms with E-state index >= 15 is 0 Å². The molecule has 3 atom stereocenters. The number of benzene rings is 2. The van der Waals surface area contributed by atoms with Crippen molar-refractivity contribution in [2.45, 2.75) is 70.2 Å². The van der Waals surface area contributed by atoms with Crippen LogP contribution in [0.4, 0.5) is 0 Å². The van der Waals surface area contributed by atoms with Gasteiger partial charge in [0.1, 0.15) is 18.0 Å². The Hall–Kier alpha value is -2.43. The number of aliphatic hydroxyl groups is 2. The van der Waals surface area contributed by atoms with E-state index in [-0.39, 0.29) is 31.4 Å². The smallest absolute Gasteiger partial charge is 0.247 e. The highest BCUT2D eigenvalue weighted by Gasteiger charge is 2.41. The maximum atomic E-state index is 13.8. The van der Waals surface area contributed by atoms with Crippen molar-refractivity contribution in [3.05, 3.63) is 74.9 Å². The molecule has 3 N–H and O–H groups in total. The third kappa shape index (κ3) is 7.36. The Bertz CT molecular complexity index is 1130. The molecular weight excluding hydrogens is 595 g/mol. The zero-order valence-electron chi connectivity index (χ0n) is 21.8. The number of rotatable bonds is 10. The maximum Gasteiger partial charge on any atom is 0.247 e. The van der Waals surface area contributed by atoms with Crippen LogP contribution in [0.2, 0.25) is 0 Å². The average Bonchev–Trinajstić information content (AvgIpc) is 3.42. The van der Waals surface area contributed by atoms with E-state index < -0.39 is 18.2 Å². The third-order valence-electron chi connectivity index (χ3n) is 7.45. The molecule has 1 fully saturated rings. The highest BCUT2D eigenvalue weighted by atomic mass is 127. The van der Waals surface area contributed by atoms with Gasteiger partial charge in [-0.2, -0.15) is 0 Å². The first-order valence-electron chi connectivity index (χ1n) is 13.4. The Balaban J connectivity index is 1.66. The minimum atomic E-state index is -1.03. The Morgan fingerprint density at radius 1 is 1.11 bits per heavy atom. The molecule has 0 bridgehead atoms. The number of hydrogen-bond acceptors (Lipinski definition) is 5. The highest BCUT2D eigenvalue weighted by Crippen LogP contribution is 2.33. The Kier molecular flexibility index (Phi) is 10.2.